The fourth-order valence-corrected chi connectivity index (χ4v) is 1.62. The standard InChI is InChI=1S/C14H19NO2/c1-14(2,3)11-7-4-5-8-12(11)15-10-6-9-13(16)17/h4-9,15H,10H2,1-3H3,(H,16,17)/b9-6+. The van der Waals surface area contributed by atoms with Gasteiger partial charge in [0, 0.05) is 18.3 Å². The van der Waals surface area contributed by atoms with Crippen LogP contribution in [0.25, 0.3) is 0 Å². The minimum Gasteiger partial charge on any atom is -0.478 e. The van der Waals surface area contributed by atoms with Gasteiger partial charge in [0.2, 0.25) is 0 Å². The Labute approximate surface area is 102 Å². The Kier molecular flexibility index (Phi) is 4.32. The topological polar surface area (TPSA) is 49.3 Å². The van der Waals surface area contributed by atoms with Crippen LogP contribution in [0.3, 0.4) is 0 Å². The van der Waals surface area contributed by atoms with Crippen molar-refractivity contribution in [3.63, 3.8) is 0 Å². The van der Waals surface area contributed by atoms with Gasteiger partial charge in [-0.15, -0.1) is 0 Å². The van der Waals surface area contributed by atoms with Crippen LogP contribution in [0, 0.1) is 0 Å². The average Bonchev–Trinajstić information content (AvgIpc) is 2.23. The van der Waals surface area contributed by atoms with Crippen molar-refractivity contribution >= 4 is 11.7 Å². The Hall–Kier alpha value is -1.77. The molecule has 0 spiro atoms. The van der Waals surface area contributed by atoms with Crippen LogP contribution in [0.2, 0.25) is 0 Å². The number of anilines is 1. The molecule has 1 rings (SSSR count). The first-order valence-corrected chi connectivity index (χ1v) is 5.64. The number of aliphatic carboxylic acids is 1. The second-order valence-corrected chi connectivity index (χ2v) is 4.92. The predicted molar refractivity (Wildman–Crippen MR) is 70.4 cm³/mol. The summed E-state index contributed by atoms with van der Waals surface area (Å²) in [5.74, 6) is -0.920. The fourth-order valence-electron chi connectivity index (χ4n) is 1.62. The number of carboxylic acids is 1. The number of carboxylic acid groups (broad SMARTS) is 1. The van der Waals surface area contributed by atoms with Gasteiger partial charge >= 0.3 is 5.97 Å². The van der Waals surface area contributed by atoms with Crippen LogP contribution in [-0.4, -0.2) is 17.6 Å². The van der Waals surface area contributed by atoms with E-state index in [1.54, 1.807) is 6.08 Å². The van der Waals surface area contributed by atoms with Crippen molar-refractivity contribution in [3.8, 4) is 0 Å². The number of carbonyl (C=O) groups is 1. The summed E-state index contributed by atoms with van der Waals surface area (Å²) < 4.78 is 0. The van der Waals surface area contributed by atoms with Crippen LogP contribution in [0.15, 0.2) is 36.4 Å². The second kappa shape index (κ2) is 5.53. The molecule has 0 amide bonds. The van der Waals surface area contributed by atoms with E-state index in [2.05, 4.69) is 32.2 Å². The lowest BCUT2D eigenvalue weighted by atomic mass is 9.86. The van der Waals surface area contributed by atoms with E-state index in [1.807, 2.05) is 18.2 Å². The molecule has 17 heavy (non-hydrogen) atoms. The summed E-state index contributed by atoms with van der Waals surface area (Å²) >= 11 is 0. The molecular weight excluding hydrogens is 214 g/mol. The highest BCUT2D eigenvalue weighted by molar-refractivity contribution is 5.79. The summed E-state index contributed by atoms with van der Waals surface area (Å²) in [6, 6.07) is 8.08. The number of para-hydroxylation sites is 1. The first-order valence-electron chi connectivity index (χ1n) is 5.64. The van der Waals surface area contributed by atoms with Crippen LogP contribution < -0.4 is 5.32 Å². The van der Waals surface area contributed by atoms with Crippen molar-refractivity contribution in [2.75, 3.05) is 11.9 Å². The van der Waals surface area contributed by atoms with Gasteiger partial charge < -0.3 is 10.4 Å². The van der Waals surface area contributed by atoms with Crippen LogP contribution in [-0.2, 0) is 10.2 Å². The quantitative estimate of drug-likeness (QED) is 0.786. The molecule has 3 nitrogen and oxygen atoms in total. The van der Waals surface area contributed by atoms with E-state index in [0.717, 1.165) is 11.8 Å². The average molecular weight is 233 g/mol. The summed E-state index contributed by atoms with van der Waals surface area (Å²) in [5, 5.41) is 11.7. The number of nitrogens with one attached hydrogen (secondary N) is 1. The lowest BCUT2D eigenvalue weighted by Crippen LogP contribution is -2.14. The lowest BCUT2D eigenvalue weighted by Gasteiger charge is -2.23. The summed E-state index contributed by atoms with van der Waals surface area (Å²) in [5.41, 5.74) is 2.35. The van der Waals surface area contributed by atoms with Gasteiger partial charge in [-0.1, -0.05) is 45.0 Å². The minimum atomic E-state index is -0.920. The molecule has 1 aromatic carbocycles. The molecule has 3 heteroatoms. The molecule has 0 fully saturated rings. The summed E-state index contributed by atoms with van der Waals surface area (Å²) in [7, 11) is 0. The molecule has 0 aliphatic rings. The zero-order chi connectivity index (χ0) is 12.9. The molecule has 0 radical (unpaired) electrons. The third kappa shape index (κ3) is 4.31. The van der Waals surface area contributed by atoms with Crippen LogP contribution >= 0.6 is 0 Å². The summed E-state index contributed by atoms with van der Waals surface area (Å²) in [4.78, 5) is 10.3. The van der Waals surface area contributed by atoms with E-state index in [9.17, 15) is 4.79 Å². The molecule has 0 aliphatic heterocycles. The smallest absolute Gasteiger partial charge is 0.328 e. The van der Waals surface area contributed by atoms with Gasteiger partial charge in [-0.3, -0.25) is 0 Å². The highest BCUT2D eigenvalue weighted by Gasteiger charge is 2.16. The largest absolute Gasteiger partial charge is 0.478 e. The Bertz CT molecular complexity index is 416. The molecule has 2 N–H and O–H groups in total. The number of hydrogen-bond acceptors (Lipinski definition) is 2. The monoisotopic (exact) mass is 233 g/mol. The first kappa shape index (κ1) is 13.3. The van der Waals surface area contributed by atoms with Gasteiger partial charge in [0.05, 0.1) is 0 Å². The summed E-state index contributed by atoms with van der Waals surface area (Å²) in [6.45, 7) is 6.97. The molecule has 1 aromatic rings. The molecular formula is C14H19NO2. The van der Waals surface area contributed by atoms with Crippen molar-refractivity contribution in [2.45, 2.75) is 26.2 Å². The molecule has 0 aromatic heterocycles. The SMILES string of the molecule is CC(C)(C)c1ccccc1NC/C=C/C(=O)O. The molecule has 0 saturated carbocycles. The zero-order valence-corrected chi connectivity index (χ0v) is 10.5. The maximum absolute atomic E-state index is 10.3. The van der Waals surface area contributed by atoms with E-state index in [4.69, 9.17) is 5.11 Å². The maximum atomic E-state index is 10.3. The van der Waals surface area contributed by atoms with Gasteiger partial charge in [-0.2, -0.15) is 0 Å². The lowest BCUT2D eigenvalue weighted by molar-refractivity contribution is -0.131. The van der Waals surface area contributed by atoms with Crippen molar-refractivity contribution in [1.29, 1.82) is 0 Å². The van der Waals surface area contributed by atoms with E-state index < -0.39 is 5.97 Å². The third-order valence-electron chi connectivity index (χ3n) is 2.41. The van der Waals surface area contributed by atoms with E-state index >= 15 is 0 Å². The highest BCUT2D eigenvalue weighted by Crippen LogP contribution is 2.28. The molecule has 92 valence electrons. The van der Waals surface area contributed by atoms with Crippen molar-refractivity contribution < 1.29 is 9.90 Å². The van der Waals surface area contributed by atoms with Gasteiger partial charge in [0.15, 0.2) is 0 Å². The van der Waals surface area contributed by atoms with Crippen LogP contribution in [0.5, 0.6) is 0 Å². The third-order valence-corrected chi connectivity index (χ3v) is 2.41. The molecule has 0 aliphatic carbocycles. The normalized spacial score (nSPS) is 11.7. The van der Waals surface area contributed by atoms with Crippen molar-refractivity contribution in [1.82, 2.24) is 0 Å². The minimum absolute atomic E-state index is 0.0695. The van der Waals surface area contributed by atoms with E-state index in [1.165, 1.54) is 5.56 Å². The Morgan fingerprint density at radius 1 is 1.35 bits per heavy atom. The van der Waals surface area contributed by atoms with Crippen molar-refractivity contribution in [3.05, 3.63) is 42.0 Å². The highest BCUT2D eigenvalue weighted by atomic mass is 16.4. The first-order chi connectivity index (χ1) is 7.91. The number of benzene rings is 1. The molecule has 0 bridgehead atoms. The second-order valence-electron chi connectivity index (χ2n) is 4.92. The Morgan fingerprint density at radius 3 is 2.59 bits per heavy atom. The van der Waals surface area contributed by atoms with E-state index in [-0.39, 0.29) is 5.41 Å². The van der Waals surface area contributed by atoms with Gasteiger partial charge in [-0.25, -0.2) is 4.79 Å². The van der Waals surface area contributed by atoms with Crippen molar-refractivity contribution in [2.24, 2.45) is 0 Å². The number of hydrogen-bond donors (Lipinski definition) is 2. The van der Waals surface area contributed by atoms with Crippen LogP contribution in [0.4, 0.5) is 5.69 Å². The van der Waals surface area contributed by atoms with Gasteiger partial charge in [0.1, 0.15) is 0 Å². The van der Waals surface area contributed by atoms with Gasteiger partial charge in [0.25, 0.3) is 0 Å². The fraction of sp³-hybridized carbons (Fsp3) is 0.357. The molecule has 0 heterocycles. The van der Waals surface area contributed by atoms with Gasteiger partial charge in [-0.05, 0) is 17.0 Å². The molecule has 0 saturated heterocycles. The molecule has 0 atom stereocenters. The van der Waals surface area contributed by atoms with Crippen LogP contribution in [0.1, 0.15) is 26.3 Å². The summed E-state index contributed by atoms with van der Waals surface area (Å²) in [6.07, 6.45) is 2.74. The maximum Gasteiger partial charge on any atom is 0.328 e. The predicted octanol–water partition coefficient (Wildman–Crippen LogP) is 3.04. The molecule has 0 unspecified atom stereocenters. The number of rotatable bonds is 4. The zero-order valence-electron chi connectivity index (χ0n) is 10.5. The Morgan fingerprint density at radius 2 is 2.00 bits per heavy atom. The Balaban J connectivity index is 2.75. The van der Waals surface area contributed by atoms with E-state index in [0.29, 0.717) is 6.54 Å².